The molecule has 0 radical (unpaired) electrons. The number of nitriles is 1. The molecular weight excluding hydrogens is 260 g/mol. The first-order valence-electron chi connectivity index (χ1n) is 8.85. The monoisotopic (exact) mass is 294 g/mol. The predicted molar refractivity (Wildman–Crippen MR) is 88.1 cm³/mol. The molecule has 3 nitrogen and oxygen atoms in total. The fourth-order valence-electron chi connectivity index (χ4n) is 3.46. The number of hydrogen-bond acceptors (Lipinski definition) is 3. The van der Waals surface area contributed by atoms with Gasteiger partial charge in [0.1, 0.15) is 5.54 Å². The number of nitrogens with one attached hydrogen (secondary N) is 1. The molecule has 3 atom stereocenters. The molecule has 1 aliphatic rings. The van der Waals surface area contributed by atoms with Crippen molar-refractivity contribution in [2.24, 2.45) is 5.92 Å². The molecule has 3 unspecified atom stereocenters. The van der Waals surface area contributed by atoms with Crippen LogP contribution in [0.2, 0.25) is 0 Å². The Labute approximate surface area is 131 Å². The van der Waals surface area contributed by atoms with Crippen LogP contribution in [0.4, 0.5) is 0 Å². The molecular formula is C18H34N2O. The number of nitrogens with zero attached hydrogens (tertiary/aromatic N) is 1. The van der Waals surface area contributed by atoms with Gasteiger partial charge in [-0.3, -0.25) is 5.32 Å². The number of ether oxygens (including phenoxy) is 1. The predicted octanol–water partition coefficient (Wildman–Crippen LogP) is 4.42. The Morgan fingerprint density at radius 1 is 1.33 bits per heavy atom. The first-order chi connectivity index (χ1) is 10.0. The lowest BCUT2D eigenvalue weighted by Crippen LogP contribution is -2.47. The molecule has 0 bridgehead atoms. The molecule has 0 saturated heterocycles. The lowest BCUT2D eigenvalue weighted by Gasteiger charge is -2.30. The highest BCUT2D eigenvalue weighted by Gasteiger charge is 2.28. The SMILES string of the molecule is CCC1CCCC(OCCCC(C#N)(CC)NC(C)C)C1. The average Bonchev–Trinajstić information content (AvgIpc) is 2.50. The van der Waals surface area contributed by atoms with Gasteiger partial charge in [-0.2, -0.15) is 5.26 Å². The van der Waals surface area contributed by atoms with E-state index in [0.717, 1.165) is 31.8 Å². The Balaban J connectivity index is 2.29. The Bertz CT molecular complexity index is 324. The minimum absolute atomic E-state index is 0.342. The summed E-state index contributed by atoms with van der Waals surface area (Å²) in [7, 11) is 0. The summed E-state index contributed by atoms with van der Waals surface area (Å²) in [6.45, 7) is 9.38. The number of hydrogen-bond donors (Lipinski definition) is 1. The van der Waals surface area contributed by atoms with Crippen molar-refractivity contribution < 1.29 is 4.74 Å². The van der Waals surface area contributed by atoms with Crippen molar-refractivity contribution in [3.63, 3.8) is 0 Å². The molecule has 0 aromatic rings. The minimum Gasteiger partial charge on any atom is -0.378 e. The summed E-state index contributed by atoms with van der Waals surface area (Å²) < 4.78 is 6.07. The summed E-state index contributed by atoms with van der Waals surface area (Å²) in [4.78, 5) is 0. The van der Waals surface area contributed by atoms with Gasteiger partial charge in [-0.15, -0.1) is 0 Å². The lowest BCUT2D eigenvalue weighted by molar-refractivity contribution is 0.00901. The van der Waals surface area contributed by atoms with Crippen LogP contribution in [-0.2, 0) is 4.74 Å². The normalized spacial score (nSPS) is 25.5. The molecule has 1 fully saturated rings. The van der Waals surface area contributed by atoms with E-state index in [4.69, 9.17) is 4.74 Å². The molecule has 1 saturated carbocycles. The van der Waals surface area contributed by atoms with Crippen molar-refractivity contribution in [2.45, 2.75) is 96.7 Å². The van der Waals surface area contributed by atoms with Crippen LogP contribution in [0, 0.1) is 17.2 Å². The van der Waals surface area contributed by atoms with Crippen LogP contribution in [0.25, 0.3) is 0 Å². The quantitative estimate of drug-likeness (QED) is 0.640. The zero-order chi connectivity index (χ0) is 15.7. The van der Waals surface area contributed by atoms with Gasteiger partial charge in [-0.1, -0.05) is 33.1 Å². The van der Waals surface area contributed by atoms with Crippen LogP contribution in [0.5, 0.6) is 0 Å². The molecule has 1 aliphatic carbocycles. The van der Waals surface area contributed by atoms with E-state index in [0.29, 0.717) is 12.1 Å². The van der Waals surface area contributed by atoms with Gasteiger partial charge < -0.3 is 4.74 Å². The first-order valence-corrected chi connectivity index (χ1v) is 8.85. The van der Waals surface area contributed by atoms with E-state index in [1.807, 2.05) is 0 Å². The van der Waals surface area contributed by atoms with Crippen molar-refractivity contribution in [3.8, 4) is 6.07 Å². The van der Waals surface area contributed by atoms with Gasteiger partial charge >= 0.3 is 0 Å². The van der Waals surface area contributed by atoms with Gasteiger partial charge in [0, 0.05) is 12.6 Å². The van der Waals surface area contributed by atoms with Crippen molar-refractivity contribution in [3.05, 3.63) is 0 Å². The van der Waals surface area contributed by atoms with E-state index in [1.54, 1.807) is 0 Å². The molecule has 0 aromatic heterocycles. The van der Waals surface area contributed by atoms with Crippen molar-refractivity contribution in [1.82, 2.24) is 5.32 Å². The second kappa shape index (κ2) is 9.43. The third kappa shape index (κ3) is 6.36. The van der Waals surface area contributed by atoms with E-state index >= 15 is 0 Å². The van der Waals surface area contributed by atoms with Crippen molar-refractivity contribution >= 4 is 0 Å². The standard InChI is InChI=1S/C18H34N2O/c1-5-16-9-7-10-17(13-16)21-12-8-11-18(6-2,14-19)20-15(3)4/h15-17,20H,5-13H2,1-4H3. The molecule has 0 aromatic carbocycles. The molecule has 122 valence electrons. The van der Waals surface area contributed by atoms with E-state index in [9.17, 15) is 5.26 Å². The fourth-order valence-corrected chi connectivity index (χ4v) is 3.46. The maximum atomic E-state index is 9.49. The second-order valence-electron chi connectivity index (χ2n) is 6.88. The van der Waals surface area contributed by atoms with Crippen LogP contribution >= 0.6 is 0 Å². The van der Waals surface area contributed by atoms with Crippen LogP contribution in [0.15, 0.2) is 0 Å². The van der Waals surface area contributed by atoms with Gasteiger partial charge in [-0.05, 0) is 51.9 Å². The lowest BCUT2D eigenvalue weighted by atomic mass is 9.85. The molecule has 3 heteroatoms. The molecule has 1 rings (SSSR count). The summed E-state index contributed by atoms with van der Waals surface area (Å²) in [6, 6.07) is 2.83. The zero-order valence-corrected chi connectivity index (χ0v) is 14.5. The summed E-state index contributed by atoms with van der Waals surface area (Å²) >= 11 is 0. The molecule has 0 spiro atoms. The molecule has 21 heavy (non-hydrogen) atoms. The van der Waals surface area contributed by atoms with Crippen LogP contribution in [-0.4, -0.2) is 24.3 Å². The van der Waals surface area contributed by atoms with Crippen LogP contribution in [0.1, 0.15) is 79.1 Å². The largest absolute Gasteiger partial charge is 0.378 e. The van der Waals surface area contributed by atoms with E-state index in [1.165, 1.54) is 32.1 Å². The van der Waals surface area contributed by atoms with Crippen molar-refractivity contribution in [2.75, 3.05) is 6.61 Å². The Morgan fingerprint density at radius 3 is 2.67 bits per heavy atom. The number of rotatable bonds is 9. The Morgan fingerprint density at radius 2 is 2.10 bits per heavy atom. The summed E-state index contributed by atoms with van der Waals surface area (Å²) in [5, 5.41) is 12.9. The third-order valence-corrected chi connectivity index (χ3v) is 4.80. The summed E-state index contributed by atoms with van der Waals surface area (Å²) in [5.74, 6) is 0.861. The zero-order valence-electron chi connectivity index (χ0n) is 14.5. The van der Waals surface area contributed by atoms with Gasteiger partial charge in [0.2, 0.25) is 0 Å². The summed E-state index contributed by atoms with van der Waals surface area (Å²) in [5.41, 5.74) is -0.379. The first kappa shape index (κ1) is 18.5. The third-order valence-electron chi connectivity index (χ3n) is 4.80. The maximum absolute atomic E-state index is 9.49. The highest BCUT2D eigenvalue weighted by atomic mass is 16.5. The smallest absolute Gasteiger partial charge is 0.106 e. The van der Waals surface area contributed by atoms with Crippen molar-refractivity contribution in [1.29, 1.82) is 5.26 Å². The second-order valence-corrected chi connectivity index (χ2v) is 6.88. The Hall–Kier alpha value is -0.590. The molecule has 1 N–H and O–H groups in total. The molecule has 0 aliphatic heterocycles. The maximum Gasteiger partial charge on any atom is 0.106 e. The summed E-state index contributed by atoms with van der Waals surface area (Å²) in [6.07, 6.45) is 9.58. The van der Waals surface area contributed by atoms with Gasteiger partial charge in [-0.25, -0.2) is 0 Å². The van der Waals surface area contributed by atoms with E-state index in [-0.39, 0.29) is 5.54 Å². The fraction of sp³-hybridized carbons (Fsp3) is 0.944. The molecule has 0 heterocycles. The topological polar surface area (TPSA) is 45.0 Å². The molecule has 0 amide bonds. The van der Waals surface area contributed by atoms with Gasteiger partial charge in [0.05, 0.1) is 12.2 Å². The van der Waals surface area contributed by atoms with Crippen LogP contribution < -0.4 is 5.32 Å². The average molecular weight is 294 g/mol. The highest BCUT2D eigenvalue weighted by molar-refractivity contribution is 5.06. The van der Waals surface area contributed by atoms with E-state index < -0.39 is 0 Å². The van der Waals surface area contributed by atoms with Crippen LogP contribution in [0.3, 0.4) is 0 Å². The van der Waals surface area contributed by atoms with Gasteiger partial charge in [0.25, 0.3) is 0 Å². The van der Waals surface area contributed by atoms with Gasteiger partial charge in [0.15, 0.2) is 0 Å². The highest BCUT2D eigenvalue weighted by Crippen LogP contribution is 2.28. The Kier molecular flexibility index (Phi) is 8.29. The minimum atomic E-state index is -0.379. The van der Waals surface area contributed by atoms with E-state index in [2.05, 4.69) is 39.1 Å².